The van der Waals surface area contributed by atoms with Crippen molar-refractivity contribution in [2.75, 3.05) is 34.0 Å². The molecule has 190 valence electrons. The average Bonchev–Trinajstić information content (AvgIpc) is 2.74. The highest BCUT2D eigenvalue weighted by Crippen LogP contribution is 2.31. The minimum Gasteiger partial charge on any atom is -0.493 e. The Morgan fingerprint density at radius 2 is 1.82 bits per heavy atom. The van der Waals surface area contributed by atoms with E-state index >= 15 is 0 Å². The van der Waals surface area contributed by atoms with Crippen molar-refractivity contribution in [3.05, 3.63) is 23.8 Å². The number of amides is 1. The predicted octanol–water partition coefficient (Wildman–Crippen LogP) is 3.27. The number of hydrogen-bond donors (Lipinski definition) is 3. The molecule has 0 unspecified atom stereocenters. The number of aliphatic hydroxyl groups is 1. The summed E-state index contributed by atoms with van der Waals surface area (Å²) >= 11 is 0. The number of carbonyl (C=O) groups is 1. The number of hydroxylamine groups is 2. The molecule has 0 aromatic heterocycles. The molecule has 0 bridgehead atoms. The first-order valence-corrected chi connectivity index (χ1v) is 11.6. The summed E-state index contributed by atoms with van der Waals surface area (Å²) in [6.45, 7) is 10.3. The van der Waals surface area contributed by atoms with E-state index in [1.807, 2.05) is 18.2 Å². The number of rotatable bonds is 14. The molecule has 1 amide bonds. The fraction of sp³-hybridized carbons (Fsp3) is 0.720. The smallest absolute Gasteiger partial charge is 0.251 e. The molecule has 33 heavy (non-hydrogen) atoms. The third-order valence-corrected chi connectivity index (χ3v) is 5.72. The van der Waals surface area contributed by atoms with Gasteiger partial charge in [0.15, 0.2) is 11.5 Å². The summed E-state index contributed by atoms with van der Waals surface area (Å²) in [7, 11) is 3.28. The van der Waals surface area contributed by atoms with Crippen LogP contribution < -0.4 is 15.2 Å². The van der Waals surface area contributed by atoms with Gasteiger partial charge in [0, 0.05) is 31.6 Å². The van der Waals surface area contributed by atoms with Crippen LogP contribution in [0.5, 0.6) is 11.5 Å². The van der Waals surface area contributed by atoms with Crippen LogP contribution in [0.1, 0.15) is 53.0 Å². The standard InChI is InChI=1S/C25H44N2O6/c1-17(2)19(15-20(26)21(28)16-27(30)24(29)25(3,4)5)13-18-9-10-22(32-7)23(14-18)33-12-8-11-31-6/h9-10,14,17,19-21,28,30H,8,11-13,15-16,26H2,1-7H3/t19-,20-,21-/m0/s1. The number of methoxy groups -OCH3 is 2. The van der Waals surface area contributed by atoms with Crippen LogP contribution in [0.3, 0.4) is 0 Å². The van der Waals surface area contributed by atoms with Gasteiger partial charge in [0.25, 0.3) is 5.91 Å². The van der Waals surface area contributed by atoms with E-state index in [1.54, 1.807) is 35.0 Å². The second-order valence-corrected chi connectivity index (χ2v) is 9.99. The summed E-state index contributed by atoms with van der Waals surface area (Å²) in [4.78, 5) is 12.2. The minimum absolute atomic E-state index is 0.190. The van der Waals surface area contributed by atoms with Gasteiger partial charge in [-0.15, -0.1) is 0 Å². The molecule has 3 atom stereocenters. The molecule has 0 saturated carbocycles. The van der Waals surface area contributed by atoms with Gasteiger partial charge in [-0.2, -0.15) is 0 Å². The highest BCUT2D eigenvalue weighted by atomic mass is 16.5. The van der Waals surface area contributed by atoms with Crippen molar-refractivity contribution in [3.8, 4) is 11.5 Å². The summed E-state index contributed by atoms with van der Waals surface area (Å²) in [5.74, 6) is 1.42. The van der Waals surface area contributed by atoms with Crippen LogP contribution in [0, 0.1) is 17.3 Å². The van der Waals surface area contributed by atoms with Crippen LogP contribution in [-0.2, 0) is 16.0 Å². The molecule has 0 heterocycles. The Morgan fingerprint density at radius 3 is 2.36 bits per heavy atom. The highest BCUT2D eigenvalue weighted by Gasteiger charge is 2.30. The van der Waals surface area contributed by atoms with Gasteiger partial charge in [-0.25, -0.2) is 5.06 Å². The molecule has 4 N–H and O–H groups in total. The van der Waals surface area contributed by atoms with Crippen molar-refractivity contribution >= 4 is 5.91 Å². The topological polar surface area (TPSA) is 114 Å². The van der Waals surface area contributed by atoms with Gasteiger partial charge in [-0.3, -0.25) is 10.0 Å². The molecule has 0 radical (unpaired) electrons. The first-order valence-electron chi connectivity index (χ1n) is 11.6. The molecule has 0 fully saturated rings. The summed E-state index contributed by atoms with van der Waals surface area (Å²) in [6, 6.07) is 5.31. The number of hydrogen-bond acceptors (Lipinski definition) is 7. The zero-order valence-electron chi connectivity index (χ0n) is 21.3. The third kappa shape index (κ3) is 9.88. The Hall–Kier alpha value is -1.87. The van der Waals surface area contributed by atoms with Crippen LogP contribution in [0.25, 0.3) is 0 Å². The van der Waals surface area contributed by atoms with Gasteiger partial charge in [-0.1, -0.05) is 40.7 Å². The second kappa shape index (κ2) is 13.7. The zero-order chi connectivity index (χ0) is 25.2. The number of aliphatic hydroxyl groups excluding tert-OH is 1. The molecule has 8 nitrogen and oxygen atoms in total. The number of benzene rings is 1. The monoisotopic (exact) mass is 468 g/mol. The van der Waals surface area contributed by atoms with E-state index in [0.29, 0.717) is 42.1 Å². The molecule has 0 spiro atoms. The van der Waals surface area contributed by atoms with Gasteiger partial charge in [0.1, 0.15) is 0 Å². The number of nitrogens with zero attached hydrogens (tertiary/aromatic N) is 1. The molecule has 8 heteroatoms. The highest BCUT2D eigenvalue weighted by molar-refractivity contribution is 5.80. The van der Waals surface area contributed by atoms with Crippen molar-refractivity contribution in [1.29, 1.82) is 0 Å². The Labute approximate surface area is 199 Å². The van der Waals surface area contributed by atoms with Crippen LogP contribution in [0.15, 0.2) is 18.2 Å². The lowest BCUT2D eigenvalue weighted by Crippen LogP contribution is -2.48. The molecule has 0 aliphatic heterocycles. The molecule has 0 saturated heterocycles. The number of nitrogens with two attached hydrogens (primary N) is 1. The molecular weight excluding hydrogens is 424 g/mol. The zero-order valence-corrected chi connectivity index (χ0v) is 21.3. The second-order valence-electron chi connectivity index (χ2n) is 9.99. The fourth-order valence-corrected chi connectivity index (χ4v) is 3.53. The normalized spacial score (nSPS) is 14.6. The average molecular weight is 469 g/mol. The predicted molar refractivity (Wildman–Crippen MR) is 129 cm³/mol. The van der Waals surface area contributed by atoms with Crippen LogP contribution in [0.4, 0.5) is 0 Å². The Balaban J connectivity index is 2.82. The van der Waals surface area contributed by atoms with E-state index < -0.39 is 23.5 Å². The number of ether oxygens (including phenoxy) is 3. The van der Waals surface area contributed by atoms with Crippen molar-refractivity contribution < 1.29 is 29.3 Å². The van der Waals surface area contributed by atoms with Crippen LogP contribution >= 0.6 is 0 Å². The summed E-state index contributed by atoms with van der Waals surface area (Å²) in [5.41, 5.74) is 6.63. The molecule has 1 rings (SSSR count). The molecule has 0 aliphatic rings. The first kappa shape index (κ1) is 29.2. The van der Waals surface area contributed by atoms with Gasteiger partial charge in [0.05, 0.1) is 26.4 Å². The lowest BCUT2D eigenvalue weighted by Gasteiger charge is -2.30. The summed E-state index contributed by atoms with van der Waals surface area (Å²) < 4.78 is 16.4. The third-order valence-electron chi connectivity index (χ3n) is 5.72. The lowest BCUT2D eigenvalue weighted by molar-refractivity contribution is -0.180. The summed E-state index contributed by atoms with van der Waals surface area (Å²) in [6.07, 6.45) is 1.05. The van der Waals surface area contributed by atoms with E-state index in [2.05, 4.69) is 13.8 Å². The van der Waals surface area contributed by atoms with E-state index in [0.717, 1.165) is 18.4 Å². The van der Waals surface area contributed by atoms with Gasteiger partial charge < -0.3 is 25.1 Å². The molecular formula is C25H44N2O6. The fourth-order valence-electron chi connectivity index (χ4n) is 3.53. The SMILES string of the molecule is COCCCOc1cc(C[C@@H](C[C@H](N)[C@@H](O)CN(O)C(=O)C(C)(C)C)C(C)C)ccc1OC. The summed E-state index contributed by atoms with van der Waals surface area (Å²) in [5, 5.41) is 21.2. The molecule has 1 aromatic carbocycles. The maximum Gasteiger partial charge on any atom is 0.251 e. The molecule has 0 aliphatic carbocycles. The van der Waals surface area contributed by atoms with E-state index in [9.17, 15) is 15.1 Å². The lowest BCUT2D eigenvalue weighted by atomic mass is 9.83. The minimum atomic E-state index is -1.03. The van der Waals surface area contributed by atoms with Crippen molar-refractivity contribution in [3.63, 3.8) is 0 Å². The van der Waals surface area contributed by atoms with Crippen molar-refractivity contribution in [2.45, 2.75) is 66.0 Å². The van der Waals surface area contributed by atoms with Crippen LogP contribution in [0.2, 0.25) is 0 Å². The van der Waals surface area contributed by atoms with E-state index in [-0.39, 0.29) is 12.5 Å². The van der Waals surface area contributed by atoms with Gasteiger partial charge in [-0.05, 0) is 42.4 Å². The quantitative estimate of drug-likeness (QED) is 0.218. The first-order chi connectivity index (χ1) is 15.4. The maximum atomic E-state index is 12.2. The van der Waals surface area contributed by atoms with E-state index in [4.69, 9.17) is 19.9 Å². The van der Waals surface area contributed by atoms with Crippen molar-refractivity contribution in [2.24, 2.45) is 23.0 Å². The maximum absolute atomic E-state index is 12.2. The van der Waals surface area contributed by atoms with Crippen LogP contribution in [-0.4, -0.2) is 67.4 Å². The van der Waals surface area contributed by atoms with Gasteiger partial charge >= 0.3 is 0 Å². The van der Waals surface area contributed by atoms with Gasteiger partial charge in [0.2, 0.25) is 0 Å². The Morgan fingerprint density at radius 1 is 1.15 bits per heavy atom. The Kier molecular flexibility index (Phi) is 12.1. The van der Waals surface area contributed by atoms with Crippen molar-refractivity contribution in [1.82, 2.24) is 5.06 Å². The Bertz CT molecular complexity index is 719. The molecule has 1 aromatic rings. The number of carbonyl (C=O) groups excluding carboxylic acids is 1. The largest absolute Gasteiger partial charge is 0.493 e. The van der Waals surface area contributed by atoms with E-state index in [1.165, 1.54) is 0 Å².